The lowest BCUT2D eigenvalue weighted by molar-refractivity contribution is 0.0527. The lowest BCUT2D eigenvalue weighted by Crippen LogP contribution is -2.21. The zero-order chi connectivity index (χ0) is 12.9. The normalized spacial score (nSPS) is 16.3. The van der Waals surface area contributed by atoms with Gasteiger partial charge in [-0.25, -0.2) is 0 Å². The maximum atomic E-state index is 9.12. The Balaban J connectivity index is 2.71. The van der Waals surface area contributed by atoms with Crippen LogP contribution >= 0.6 is 0 Å². The van der Waals surface area contributed by atoms with Gasteiger partial charge in [-0.1, -0.05) is 12.1 Å². The lowest BCUT2D eigenvalue weighted by atomic mass is 10.3. The van der Waals surface area contributed by atoms with E-state index in [1.54, 1.807) is 12.1 Å². The highest BCUT2D eigenvalue weighted by molar-refractivity contribution is 5.39. The zero-order valence-corrected chi connectivity index (χ0v) is 7.51. The molecule has 2 N–H and O–H groups in total. The third-order valence-electron chi connectivity index (χ3n) is 1.60. The first-order valence-corrected chi connectivity index (χ1v) is 4.12. The molecule has 0 heterocycles. The van der Waals surface area contributed by atoms with Gasteiger partial charge in [-0.3, -0.25) is 0 Å². The summed E-state index contributed by atoms with van der Waals surface area (Å²) in [5.74, 6) is 0.272. The van der Waals surface area contributed by atoms with Crippen LogP contribution in [0.4, 0.5) is 0 Å². The van der Waals surface area contributed by atoms with Crippen molar-refractivity contribution < 1.29 is 23.8 Å². The monoisotopic (exact) mass is 201 g/mol. The average molecular weight is 201 g/mol. The molecule has 1 unspecified atom stereocenters. The number of aliphatic hydroxyl groups excluding tert-OH is 2. The van der Waals surface area contributed by atoms with Gasteiger partial charge in [0, 0.05) is 0 Å². The van der Waals surface area contributed by atoms with Crippen molar-refractivity contribution in [2.24, 2.45) is 0 Å². The minimum atomic E-state index is -2.56. The van der Waals surface area contributed by atoms with Gasteiger partial charge < -0.3 is 19.7 Å². The summed E-state index contributed by atoms with van der Waals surface area (Å²) in [6, 6.07) is 6.22. The first-order chi connectivity index (χ1) is 7.92. The molecular formula is C10H14O4. The summed E-state index contributed by atoms with van der Waals surface area (Å²) in [5, 5.41) is 17.7. The van der Waals surface area contributed by atoms with Gasteiger partial charge in [-0.2, -0.15) is 0 Å². The molecule has 0 bridgehead atoms. The SMILES string of the molecule is [2H]C([2H])([2H])Oc1ccccc1OCC(O)CO. The number of benzene rings is 1. The molecule has 0 fully saturated rings. The highest BCUT2D eigenvalue weighted by Gasteiger charge is 2.06. The topological polar surface area (TPSA) is 58.9 Å². The van der Waals surface area contributed by atoms with E-state index in [1.807, 2.05) is 0 Å². The fourth-order valence-corrected chi connectivity index (χ4v) is 0.892. The number of hydrogen-bond donors (Lipinski definition) is 2. The van der Waals surface area contributed by atoms with Crippen LogP contribution < -0.4 is 9.47 Å². The quantitative estimate of drug-likeness (QED) is 0.725. The third-order valence-corrected chi connectivity index (χ3v) is 1.60. The fourth-order valence-electron chi connectivity index (χ4n) is 0.892. The molecule has 0 radical (unpaired) electrons. The molecule has 0 saturated carbocycles. The first-order valence-electron chi connectivity index (χ1n) is 5.62. The van der Waals surface area contributed by atoms with E-state index in [1.165, 1.54) is 12.1 Å². The molecule has 0 saturated heterocycles. The summed E-state index contributed by atoms with van der Waals surface area (Å²) in [7, 11) is -2.56. The maximum absolute atomic E-state index is 9.12. The van der Waals surface area contributed by atoms with E-state index in [2.05, 4.69) is 0 Å². The van der Waals surface area contributed by atoms with Gasteiger partial charge in [-0.05, 0) is 12.1 Å². The van der Waals surface area contributed by atoms with Crippen molar-refractivity contribution in [1.29, 1.82) is 0 Å². The van der Waals surface area contributed by atoms with Gasteiger partial charge in [0.25, 0.3) is 0 Å². The largest absolute Gasteiger partial charge is 0.493 e. The summed E-state index contributed by atoms with van der Waals surface area (Å²) in [4.78, 5) is 0. The molecule has 0 aliphatic heterocycles. The Kier molecular flexibility index (Phi) is 2.77. The van der Waals surface area contributed by atoms with Crippen molar-refractivity contribution in [1.82, 2.24) is 0 Å². The number of para-hydroxylation sites is 2. The van der Waals surface area contributed by atoms with Crippen molar-refractivity contribution >= 4 is 0 Å². The Morgan fingerprint density at radius 1 is 1.43 bits per heavy atom. The summed E-state index contributed by atoms with van der Waals surface area (Å²) in [6.45, 7) is -0.569. The molecule has 0 aromatic heterocycles. The molecule has 4 nitrogen and oxygen atoms in total. The van der Waals surface area contributed by atoms with E-state index in [4.69, 9.17) is 23.8 Å². The van der Waals surface area contributed by atoms with Gasteiger partial charge in [0.1, 0.15) is 12.7 Å². The van der Waals surface area contributed by atoms with E-state index in [0.29, 0.717) is 0 Å². The van der Waals surface area contributed by atoms with Gasteiger partial charge >= 0.3 is 0 Å². The van der Waals surface area contributed by atoms with Crippen LogP contribution in [-0.4, -0.2) is 36.6 Å². The fraction of sp³-hybridized carbons (Fsp3) is 0.400. The van der Waals surface area contributed by atoms with Crippen LogP contribution in [0.15, 0.2) is 24.3 Å². The summed E-state index contributed by atoms with van der Waals surface area (Å²) < 4.78 is 30.8. The Morgan fingerprint density at radius 2 is 2.14 bits per heavy atom. The second kappa shape index (κ2) is 5.47. The van der Waals surface area contributed by atoms with Gasteiger partial charge in [-0.15, -0.1) is 0 Å². The molecular weight excluding hydrogens is 184 g/mol. The highest BCUT2D eigenvalue weighted by atomic mass is 16.5. The Morgan fingerprint density at radius 3 is 2.79 bits per heavy atom. The average Bonchev–Trinajstić information content (AvgIpc) is 2.25. The number of methoxy groups -OCH3 is 1. The molecule has 0 spiro atoms. The van der Waals surface area contributed by atoms with Crippen LogP contribution in [0.1, 0.15) is 4.11 Å². The van der Waals surface area contributed by atoms with Crippen LogP contribution in [-0.2, 0) is 0 Å². The first kappa shape index (κ1) is 7.09. The van der Waals surface area contributed by atoms with Crippen LogP contribution in [0.25, 0.3) is 0 Å². The van der Waals surface area contributed by atoms with E-state index >= 15 is 0 Å². The molecule has 1 aromatic carbocycles. The van der Waals surface area contributed by atoms with Crippen molar-refractivity contribution in [3.05, 3.63) is 24.3 Å². The molecule has 1 aromatic rings. The standard InChI is InChI=1S/C10H14O4/c1-13-9-4-2-3-5-10(9)14-7-8(12)6-11/h2-5,8,11-12H,6-7H2,1H3/i1D3. The van der Waals surface area contributed by atoms with Crippen molar-refractivity contribution in [2.45, 2.75) is 6.10 Å². The minimum absolute atomic E-state index is 0.0673. The lowest BCUT2D eigenvalue weighted by Gasteiger charge is -2.12. The molecule has 1 atom stereocenters. The van der Waals surface area contributed by atoms with Crippen LogP contribution in [0, 0.1) is 0 Å². The smallest absolute Gasteiger partial charge is 0.161 e. The number of rotatable bonds is 5. The molecule has 1 rings (SSSR count). The predicted molar refractivity (Wildman–Crippen MR) is 51.6 cm³/mol. The van der Waals surface area contributed by atoms with E-state index in [-0.39, 0.29) is 18.1 Å². The second-order valence-corrected chi connectivity index (χ2v) is 2.70. The number of ether oxygens (including phenoxy) is 2. The van der Waals surface area contributed by atoms with Crippen molar-refractivity contribution in [3.63, 3.8) is 0 Å². The Bertz CT molecular complexity index is 354. The van der Waals surface area contributed by atoms with E-state index < -0.39 is 19.7 Å². The Hall–Kier alpha value is -1.26. The maximum Gasteiger partial charge on any atom is 0.161 e. The third kappa shape index (κ3) is 2.90. The van der Waals surface area contributed by atoms with Crippen molar-refractivity contribution in [3.8, 4) is 11.5 Å². The van der Waals surface area contributed by atoms with Gasteiger partial charge in [0.05, 0.1) is 17.8 Å². The number of aliphatic hydroxyl groups is 2. The van der Waals surface area contributed by atoms with E-state index in [0.717, 1.165) is 0 Å². The van der Waals surface area contributed by atoms with Crippen molar-refractivity contribution in [2.75, 3.05) is 20.3 Å². The second-order valence-electron chi connectivity index (χ2n) is 2.70. The Labute approximate surface area is 86.9 Å². The molecule has 78 valence electrons. The summed E-state index contributed by atoms with van der Waals surface area (Å²) in [5.41, 5.74) is 0. The number of hydrogen-bond acceptors (Lipinski definition) is 4. The predicted octanol–water partition coefficient (Wildman–Crippen LogP) is 0.427. The molecule has 0 aliphatic carbocycles. The minimum Gasteiger partial charge on any atom is -0.493 e. The molecule has 0 amide bonds. The van der Waals surface area contributed by atoms with Gasteiger partial charge in [0.15, 0.2) is 11.5 Å². The molecule has 4 heteroatoms. The van der Waals surface area contributed by atoms with Crippen LogP contribution in [0.3, 0.4) is 0 Å². The zero-order valence-electron chi connectivity index (χ0n) is 10.5. The summed E-state index contributed by atoms with van der Waals surface area (Å²) >= 11 is 0. The van der Waals surface area contributed by atoms with E-state index in [9.17, 15) is 0 Å². The molecule has 14 heavy (non-hydrogen) atoms. The summed E-state index contributed by atoms with van der Waals surface area (Å²) in [6.07, 6.45) is -1.02. The highest BCUT2D eigenvalue weighted by Crippen LogP contribution is 2.25. The van der Waals surface area contributed by atoms with Crippen LogP contribution in [0.5, 0.6) is 11.5 Å². The van der Waals surface area contributed by atoms with Crippen LogP contribution in [0.2, 0.25) is 0 Å². The van der Waals surface area contributed by atoms with Gasteiger partial charge in [0.2, 0.25) is 0 Å². The molecule has 0 aliphatic rings.